The molecule has 0 spiro atoms. The van der Waals surface area contributed by atoms with Crippen LogP contribution >= 0.6 is 0 Å². The number of ether oxygens (including phenoxy) is 3. The molecule has 9 heteroatoms. The number of hydrogen-bond acceptors (Lipinski definition) is 7. The first-order chi connectivity index (χ1) is 18.9. The fourth-order valence-corrected chi connectivity index (χ4v) is 5.70. The zero-order valence-corrected chi connectivity index (χ0v) is 22.4. The van der Waals surface area contributed by atoms with Crippen LogP contribution in [-0.4, -0.2) is 86.5 Å². The maximum absolute atomic E-state index is 14.3. The van der Waals surface area contributed by atoms with Crippen LogP contribution < -0.4 is 10.6 Å². The number of rotatable bonds is 11. The van der Waals surface area contributed by atoms with Crippen LogP contribution in [0.15, 0.2) is 71.8 Å². The predicted octanol–water partition coefficient (Wildman–Crippen LogP) is 2.57. The molecule has 1 amide bonds. The fourth-order valence-electron chi connectivity index (χ4n) is 5.70. The summed E-state index contributed by atoms with van der Waals surface area (Å²) in [6.07, 6.45) is 2.21. The molecule has 0 saturated carbocycles. The molecule has 4 atom stereocenters. The van der Waals surface area contributed by atoms with Crippen LogP contribution in [0, 0.1) is 12.7 Å². The number of aryl methyl sites for hydroxylation is 1. The van der Waals surface area contributed by atoms with E-state index in [1.54, 1.807) is 0 Å². The molecule has 3 heterocycles. The molecule has 1 fully saturated rings. The molecular weight excluding hydrogens is 501 g/mol. The number of methoxy groups -OCH3 is 1. The molecule has 3 aliphatic heterocycles. The second kappa shape index (κ2) is 12.0. The van der Waals surface area contributed by atoms with Crippen LogP contribution in [0.3, 0.4) is 0 Å². The summed E-state index contributed by atoms with van der Waals surface area (Å²) in [7, 11) is 1.39. The minimum Gasteiger partial charge on any atom is -0.379 e. The highest BCUT2D eigenvalue weighted by atomic mass is 19.1. The second-order valence-corrected chi connectivity index (χ2v) is 10.2. The molecule has 39 heavy (non-hydrogen) atoms. The van der Waals surface area contributed by atoms with Crippen molar-refractivity contribution >= 4 is 11.6 Å². The number of carbonyl (C=O) groups is 1. The van der Waals surface area contributed by atoms with E-state index < -0.39 is 24.0 Å². The summed E-state index contributed by atoms with van der Waals surface area (Å²) in [5.74, 6) is -0.653. The van der Waals surface area contributed by atoms with E-state index in [1.165, 1.54) is 19.2 Å². The Morgan fingerprint density at radius 2 is 2.00 bits per heavy atom. The summed E-state index contributed by atoms with van der Waals surface area (Å²) in [6.45, 7) is 6.02. The summed E-state index contributed by atoms with van der Waals surface area (Å²) in [5.41, 5.74) is 1.90. The first-order valence-corrected chi connectivity index (χ1v) is 13.4. The Kier molecular flexibility index (Phi) is 8.44. The molecule has 208 valence electrons. The van der Waals surface area contributed by atoms with Crippen molar-refractivity contribution in [1.82, 2.24) is 10.2 Å². The van der Waals surface area contributed by atoms with Gasteiger partial charge in [0.1, 0.15) is 17.5 Å². The van der Waals surface area contributed by atoms with Gasteiger partial charge in [0.25, 0.3) is 0 Å². The van der Waals surface area contributed by atoms with Crippen LogP contribution in [0.4, 0.5) is 10.1 Å². The molecule has 3 aliphatic rings. The monoisotopic (exact) mass is 537 g/mol. The Balaban J connectivity index is 1.46. The predicted molar refractivity (Wildman–Crippen MR) is 146 cm³/mol. The number of halogens is 1. The molecule has 3 N–H and O–H groups in total. The Hall–Kier alpha value is -3.08. The highest BCUT2D eigenvalue weighted by Gasteiger charge is 2.57. The third-order valence-corrected chi connectivity index (χ3v) is 7.55. The molecule has 4 unspecified atom stereocenters. The standard InChI is InChI=1S/C30H36FN3O5/c1-20-16-22(31)19-23(17-20)33-25(18-21-6-4-3-5-7-21)30-9-8-24(39-30)26(27(30)29(36)37-2)28(35)32-10-11-34-12-14-38-15-13-34/h3-9,16-17,19,24-25,29,33,36H,10-15,18H2,1-2H3,(H,32,35). The van der Waals surface area contributed by atoms with Crippen molar-refractivity contribution in [3.63, 3.8) is 0 Å². The van der Waals surface area contributed by atoms with Gasteiger partial charge in [-0.15, -0.1) is 0 Å². The lowest BCUT2D eigenvalue weighted by molar-refractivity contribution is -0.118. The quantitative estimate of drug-likeness (QED) is 0.300. The molecule has 1 saturated heterocycles. The molecule has 0 aliphatic carbocycles. The first kappa shape index (κ1) is 27.5. The van der Waals surface area contributed by atoms with Gasteiger partial charge in [0.2, 0.25) is 5.91 Å². The number of morpholine rings is 1. The van der Waals surface area contributed by atoms with Crippen LogP contribution in [-0.2, 0) is 25.4 Å². The number of nitrogens with zero attached hydrogens (tertiary/aromatic N) is 1. The van der Waals surface area contributed by atoms with E-state index in [-0.39, 0.29) is 11.7 Å². The van der Waals surface area contributed by atoms with Crippen molar-refractivity contribution in [2.24, 2.45) is 0 Å². The summed E-state index contributed by atoms with van der Waals surface area (Å²) in [6, 6.07) is 14.1. The lowest BCUT2D eigenvalue weighted by Crippen LogP contribution is -2.50. The molecule has 5 rings (SSSR count). The van der Waals surface area contributed by atoms with Crippen LogP contribution in [0.5, 0.6) is 0 Å². The van der Waals surface area contributed by atoms with Crippen molar-refractivity contribution in [1.29, 1.82) is 0 Å². The number of hydrogen-bond donors (Lipinski definition) is 3. The van der Waals surface area contributed by atoms with Crippen LogP contribution in [0.25, 0.3) is 0 Å². The number of anilines is 1. The van der Waals surface area contributed by atoms with E-state index >= 15 is 0 Å². The van der Waals surface area contributed by atoms with E-state index in [2.05, 4.69) is 15.5 Å². The van der Waals surface area contributed by atoms with Crippen molar-refractivity contribution in [2.45, 2.75) is 37.4 Å². The van der Waals surface area contributed by atoms with Gasteiger partial charge in [-0.3, -0.25) is 9.69 Å². The number of aliphatic hydroxyl groups excluding tert-OH is 1. The molecule has 0 aromatic heterocycles. The average molecular weight is 538 g/mol. The minimum absolute atomic E-state index is 0.300. The smallest absolute Gasteiger partial charge is 0.250 e. The minimum atomic E-state index is -1.37. The Morgan fingerprint density at radius 1 is 1.23 bits per heavy atom. The van der Waals surface area contributed by atoms with Gasteiger partial charge in [0, 0.05) is 44.5 Å². The maximum Gasteiger partial charge on any atom is 0.250 e. The van der Waals surface area contributed by atoms with E-state index in [0.29, 0.717) is 49.6 Å². The summed E-state index contributed by atoms with van der Waals surface area (Å²) < 4.78 is 31.6. The first-order valence-electron chi connectivity index (χ1n) is 13.4. The van der Waals surface area contributed by atoms with E-state index in [4.69, 9.17) is 14.2 Å². The number of aliphatic hydroxyl groups is 1. The molecule has 2 aromatic carbocycles. The Morgan fingerprint density at radius 3 is 2.72 bits per heavy atom. The number of carbonyl (C=O) groups excluding carboxylic acids is 1. The molecule has 8 nitrogen and oxygen atoms in total. The van der Waals surface area contributed by atoms with Crippen molar-refractivity contribution in [3.8, 4) is 0 Å². The zero-order valence-electron chi connectivity index (χ0n) is 22.4. The van der Waals surface area contributed by atoms with Gasteiger partial charge in [0.05, 0.1) is 24.8 Å². The largest absolute Gasteiger partial charge is 0.379 e. The Bertz CT molecular complexity index is 1210. The summed E-state index contributed by atoms with van der Waals surface area (Å²) in [4.78, 5) is 15.8. The molecule has 0 radical (unpaired) electrons. The normalized spacial score (nSPS) is 24.2. The van der Waals surface area contributed by atoms with Gasteiger partial charge in [-0.1, -0.05) is 36.4 Å². The van der Waals surface area contributed by atoms with Crippen molar-refractivity contribution in [3.05, 3.63) is 88.8 Å². The fraction of sp³-hybridized carbons (Fsp3) is 0.433. The topological polar surface area (TPSA) is 92.3 Å². The van der Waals surface area contributed by atoms with Gasteiger partial charge >= 0.3 is 0 Å². The lowest BCUT2D eigenvalue weighted by atomic mass is 9.78. The highest BCUT2D eigenvalue weighted by molar-refractivity contribution is 5.97. The highest BCUT2D eigenvalue weighted by Crippen LogP contribution is 2.48. The van der Waals surface area contributed by atoms with Gasteiger partial charge in [-0.25, -0.2) is 4.39 Å². The van der Waals surface area contributed by atoms with Crippen molar-refractivity contribution < 1.29 is 28.5 Å². The van der Waals surface area contributed by atoms with Gasteiger partial charge < -0.3 is 30.0 Å². The molecule has 2 bridgehead atoms. The zero-order chi connectivity index (χ0) is 27.4. The average Bonchev–Trinajstić information content (AvgIpc) is 3.51. The van der Waals surface area contributed by atoms with Crippen LogP contribution in [0.1, 0.15) is 11.1 Å². The molecule has 2 aromatic rings. The van der Waals surface area contributed by atoms with E-state index in [9.17, 15) is 14.3 Å². The summed E-state index contributed by atoms with van der Waals surface area (Å²) in [5, 5.41) is 17.5. The third-order valence-electron chi connectivity index (χ3n) is 7.55. The van der Waals surface area contributed by atoms with Gasteiger partial charge in [-0.05, 0) is 48.7 Å². The van der Waals surface area contributed by atoms with Gasteiger partial charge in [0.15, 0.2) is 6.29 Å². The number of benzene rings is 2. The number of amides is 1. The van der Waals surface area contributed by atoms with Crippen molar-refractivity contribution in [2.75, 3.05) is 51.8 Å². The Labute approximate surface area is 228 Å². The van der Waals surface area contributed by atoms with Crippen LogP contribution in [0.2, 0.25) is 0 Å². The SMILES string of the molecule is COC(O)C1=C(C(=O)NCCN2CCOCC2)C2C=CC1(C(Cc1ccccc1)Nc1cc(C)cc(F)c1)O2. The second-order valence-electron chi connectivity index (χ2n) is 10.2. The van der Waals surface area contributed by atoms with Gasteiger partial charge in [-0.2, -0.15) is 0 Å². The van der Waals surface area contributed by atoms with E-state index in [0.717, 1.165) is 24.2 Å². The third kappa shape index (κ3) is 5.92. The van der Waals surface area contributed by atoms with E-state index in [1.807, 2.05) is 55.5 Å². The maximum atomic E-state index is 14.3. The lowest BCUT2D eigenvalue weighted by Gasteiger charge is -2.38. The summed E-state index contributed by atoms with van der Waals surface area (Å²) >= 11 is 0. The number of fused-ring (bicyclic) bond motifs is 2. The molecular formula is C30H36FN3O5. The number of nitrogens with one attached hydrogen (secondary N) is 2.